The fourth-order valence-electron chi connectivity index (χ4n) is 3.66. The highest BCUT2D eigenvalue weighted by atomic mass is 16.5. The lowest BCUT2D eigenvalue weighted by atomic mass is 9.95. The van der Waals surface area contributed by atoms with Crippen LogP contribution in [0.4, 0.5) is 4.79 Å². The Labute approximate surface area is 170 Å². The van der Waals surface area contributed by atoms with Crippen molar-refractivity contribution < 1.29 is 19.1 Å². The van der Waals surface area contributed by atoms with Crippen LogP contribution in [0.3, 0.4) is 0 Å². The Morgan fingerprint density at radius 1 is 1.38 bits per heavy atom. The summed E-state index contributed by atoms with van der Waals surface area (Å²) in [5.41, 5.74) is 2.71. The number of imidazole rings is 1. The van der Waals surface area contributed by atoms with E-state index in [1.54, 1.807) is 18.3 Å². The molecule has 0 spiro atoms. The van der Waals surface area contributed by atoms with Crippen molar-refractivity contribution in [2.24, 2.45) is 5.92 Å². The zero-order chi connectivity index (χ0) is 21.0. The minimum atomic E-state index is -0.705. The number of aromatic nitrogens is 2. The first-order valence-electron chi connectivity index (χ1n) is 9.81. The van der Waals surface area contributed by atoms with Crippen molar-refractivity contribution in [2.45, 2.75) is 38.8 Å². The maximum Gasteiger partial charge on any atom is 0.328 e. The molecule has 1 aliphatic heterocycles. The Balaban J connectivity index is 1.93. The van der Waals surface area contributed by atoms with Crippen LogP contribution in [0.15, 0.2) is 30.6 Å². The molecule has 29 heavy (non-hydrogen) atoms. The molecule has 1 aromatic heterocycles. The van der Waals surface area contributed by atoms with E-state index in [-0.39, 0.29) is 18.0 Å². The zero-order valence-corrected chi connectivity index (χ0v) is 17.3. The van der Waals surface area contributed by atoms with Crippen LogP contribution in [0.5, 0.6) is 5.75 Å². The van der Waals surface area contributed by atoms with Gasteiger partial charge in [-0.3, -0.25) is 0 Å². The van der Waals surface area contributed by atoms with Crippen molar-refractivity contribution in [3.63, 3.8) is 0 Å². The number of hydrogen-bond acceptors (Lipinski definition) is 5. The van der Waals surface area contributed by atoms with Crippen LogP contribution < -0.4 is 10.1 Å². The van der Waals surface area contributed by atoms with Crippen molar-refractivity contribution in [1.29, 1.82) is 0 Å². The molecule has 3 rings (SSSR count). The van der Waals surface area contributed by atoms with Gasteiger partial charge >= 0.3 is 12.0 Å². The molecular formula is C21H28N4O4. The highest BCUT2D eigenvalue weighted by Gasteiger charge is 2.36. The number of fused-ring (bicyclic) bond motifs is 1. The summed E-state index contributed by atoms with van der Waals surface area (Å²) in [4.78, 5) is 34.8. The van der Waals surface area contributed by atoms with Crippen LogP contribution in [0, 0.1) is 5.92 Å². The number of rotatable bonds is 6. The number of aromatic amines is 1. The Bertz CT molecular complexity index is 866. The van der Waals surface area contributed by atoms with Gasteiger partial charge in [0.05, 0.1) is 26.2 Å². The number of methoxy groups -OCH3 is 2. The van der Waals surface area contributed by atoms with Crippen LogP contribution in [-0.2, 0) is 16.0 Å². The molecule has 2 heterocycles. The summed E-state index contributed by atoms with van der Waals surface area (Å²) in [5.74, 6) is 0.216. The minimum absolute atomic E-state index is 0.0487. The number of carbonyl (C=O) groups is 2. The lowest BCUT2D eigenvalue weighted by Gasteiger charge is -2.36. The zero-order valence-electron chi connectivity index (χ0n) is 17.3. The van der Waals surface area contributed by atoms with Crippen molar-refractivity contribution >= 4 is 12.0 Å². The van der Waals surface area contributed by atoms with Gasteiger partial charge in [-0.05, 0) is 23.6 Å². The minimum Gasteiger partial charge on any atom is -0.497 e. The number of esters is 1. The SMILES string of the molecule is CC[C@@H](C)[C@H](NC(=O)N1CCc2[nH]cnc2[C@@H]1c1cccc(OC)c1)C(=O)OC. The molecule has 2 aromatic rings. The van der Waals surface area contributed by atoms with E-state index in [4.69, 9.17) is 9.47 Å². The van der Waals surface area contributed by atoms with Gasteiger partial charge in [0.25, 0.3) is 0 Å². The molecule has 1 aromatic carbocycles. The molecule has 2 amide bonds. The molecule has 0 unspecified atom stereocenters. The average Bonchev–Trinajstić information content (AvgIpc) is 3.24. The maximum atomic E-state index is 13.3. The molecule has 0 saturated carbocycles. The molecular weight excluding hydrogens is 372 g/mol. The fourth-order valence-corrected chi connectivity index (χ4v) is 3.66. The Hall–Kier alpha value is -3.03. The van der Waals surface area contributed by atoms with Crippen molar-refractivity contribution in [3.8, 4) is 5.75 Å². The van der Waals surface area contributed by atoms with Crippen molar-refractivity contribution in [3.05, 3.63) is 47.5 Å². The summed E-state index contributed by atoms with van der Waals surface area (Å²) in [6.07, 6.45) is 3.05. The van der Waals surface area contributed by atoms with E-state index in [0.29, 0.717) is 18.7 Å². The van der Waals surface area contributed by atoms with Gasteiger partial charge in [0.2, 0.25) is 0 Å². The second-order valence-corrected chi connectivity index (χ2v) is 7.22. The summed E-state index contributed by atoms with van der Waals surface area (Å²) in [6.45, 7) is 4.39. The smallest absolute Gasteiger partial charge is 0.328 e. The number of nitrogens with one attached hydrogen (secondary N) is 2. The van der Waals surface area contributed by atoms with Gasteiger partial charge in [-0.1, -0.05) is 32.4 Å². The molecule has 0 radical (unpaired) electrons. The molecule has 156 valence electrons. The van der Waals surface area contributed by atoms with Crippen LogP contribution in [0.1, 0.15) is 43.3 Å². The molecule has 0 bridgehead atoms. The number of urea groups is 1. The van der Waals surface area contributed by atoms with E-state index < -0.39 is 12.0 Å². The van der Waals surface area contributed by atoms with Gasteiger partial charge in [0, 0.05) is 18.7 Å². The second kappa shape index (κ2) is 8.98. The second-order valence-electron chi connectivity index (χ2n) is 7.22. The molecule has 8 heteroatoms. The highest BCUT2D eigenvalue weighted by Crippen LogP contribution is 2.34. The first kappa shape index (κ1) is 20.7. The molecule has 3 atom stereocenters. The Kier molecular flexibility index (Phi) is 6.41. The summed E-state index contributed by atoms with van der Waals surface area (Å²) < 4.78 is 10.3. The number of benzene rings is 1. The normalized spacial score (nSPS) is 17.8. The van der Waals surface area contributed by atoms with Crippen LogP contribution in [0.2, 0.25) is 0 Å². The van der Waals surface area contributed by atoms with E-state index in [2.05, 4.69) is 15.3 Å². The molecule has 2 N–H and O–H groups in total. The number of amides is 2. The van der Waals surface area contributed by atoms with E-state index >= 15 is 0 Å². The molecule has 0 fully saturated rings. The predicted octanol–water partition coefficient (Wildman–Crippen LogP) is 2.66. The predicted molar refractivity (Wildman–Crippen MR) is 108 cm³/mol. The van der Waals surface area contributed by atoms with Gasteiger partial charge in [0.15, 0.2) is 0 Å². The van der Waals surface area contributed by atoms with Gasteiger partial charge in [0.1, 0.15) is 17.8 Å². The topological polar surface area (TPSA) is 96.5 Å². The standard InChI is InChI=1S/C21H28N4O4/c1-5-13(2)17(20(26)29-4)24-21(27)25-10-9-16-18(23-12-22-16)19(25)14-7-6-8-15(11-14)28-3/h6-8,11-13,17,19H,5,9-10H2,1-4H3,(H,22,23)(H,24,27)/t13-,17+,19+/m1/s1. The third-order valence-corrected chi connectivity index (χ3v) is 5.54. The van der Waals surface area contributed by atoms with Crippen LogP contribution in [0.25, 0.3) is 0 Å². The van der Waals surface area contributed by atoms with E-state index in [1.807, 2.05) is 38.1 Å². The number of H-pyrrole nitrogens is 1. The number of nitrogens with zero attached hydrogens (tertiary/aromatic N) is 2. The third-order valence-electron chi connectivity index (χ3n) is 5.54. The molecule has 0 saturated heterocycles. The van der Waals surface area contributed by atoms with E-state index in [9.17, 15) is 9.59 Å². The molecule has 1 aliphatic rings. The highest BCUT2D eigenvalue weighted by molar-refractivity contribution is 5.84. The summed E-state index contributed by atoms with van der Waals surface area (Å²) in [7, 11) is 2.94. The Morgan fingerprint density at radius 2 is 2.17 bits per heavy atom. The van der Waals surface area contributed by atoms with Gasteiger partial charge in [-0.2, -0.15) is 0 Å². The lowest BCUT2D eigenvalue weighted by Crippen LogP contribution is -2.53. The summed E-state index contributed by atoms with van der Waals surface area (Å²) >= 11 is 0. The first-order chi connectivity index (χ1) is 14.0. The van der Waals surface area contributed by atoms with E-state index in [0.717, 1.165) is 23.4 Å². The van der Waals surface area contributed by atoms with Crippen molar-refractivity contribution in [2.75, 3.05) is 20.8 Å². The van der Waals surface area contributed by atoms with Gasteiger partial charge < -0.3 is 24.7 Å². The van der Waals surface area contributed by atoms with Gasteiger partial charge in [-0.25, -0.2) is 14.6 Å². The van der Waals surface area contributed by atoms with E-state index in [1.165, 1.54) is 7.11 Å². The van der Waals surface area contributed by atoms with Crippen LogP contribution in [-0.4, -0.2) is 53.7 Å². The van der Waals surface area contributed by atoms with Gasteiger partial charge in [-0.15, -0.1) is 0 Å². The fraction of sp³-hybridized carbons (Fsp3) is 0.476. The summed E-state index contributed by atoms with van der Waals surface area (Å²) in [6, 6.07) is 6.20. The summed E-state index contributed by atoms with van der Waals surface area (Å²) in [5, 5.41) is 2.88. The lowest BCUT2D eigenvalue weighted by molar-refractivity contribution is -0.144. The average molecular weight is 400 g/mol. The third kappa shape index (κ3) is 4.21. The monoisotopic (exact) mass is 400 g/mol. The largest absolute Gasteiger partial charge is 0.497 e. The molecule has 0 aliphatic carbocycles. The first-order valence-corrected chi connectivity index (χ1v) is 9.81. The Morgan fingerprint density at radius 3 is 2.86 bits per heavy atom. The number of ether oxygens (including phenoxy) is 2. The molecule has 8 nitrogen and oxygen atoms in total. The van der Waals surface area contributed by atoms with Crippen LogP contribution >= 0.6 is 0 Å². The number of hydrogen-bond donors (Lipinski definition) is 2. The quantitative estimate of drug-likeness (QED) is 0.727. The number of carbonyl (C=O) groups excluding carboxylic acids is 2. The van der Waals surface area contributed by atoms with Crippen molar-refractivity contribution in [1.82, 2.24) is 20.2 Å². The maximum absolute atomic E-state index is 13.3.